The molecule has 0 amide bonds. The third-order valence-corrected chi connectivity index (χ3v) is 5.89. The maximum Gasteiger partial charge on any atom is -0.0104 e. The molecule has 1 spiro atoms. The van der Waals surface area contributed by atoms with Gasteiger partial charge in [-0.2, -0.15) is 0 Å². The molecule has 0 aliphatic heterocycles. The highest BCUT2D eigenvalue weighted by molar-refractivity contribution is 5.35. The Balaban J connectivity index is 1.91. The lowest BCUT2D eigenvalue weighted by Gasteiger charge is -2.35. The lowest BCUT2D eigenvalue weighted by Crippen LogP contribution is -2.27. The van der Waals surface area contributed by atoms with E-state index in [9.17, 15) is 0 Å². The summed E-state index contributed by atoms with van der Waals surface area (Å²) in [5.74, 6) is 4.96. The minimum Gasteiger partial charge on any atom is -0.0847 e. The summed E-state index contributed by atoms with van der Waals surface area (Å²) >= 11 is 0. The van der Waals surface area contributed by atoms with Crippen LogP contribution in [0.3, 0.4) is 0 Å². The van der Waals surface area contributed by atoms with E-state index >= 15 is 0 Å². The van der Waals surface area contributed by atoms with Crippen LogP contribution in [0.25, 0.3) is 0 Å². The normalized spacial score (nSPS) is 52.5. The highest BCUT2D eigenvalue weighted by Crippen LogP contribution is 2.77. The molecule has 0 aromatic carbocycles. The van der Waals surface area contributed by atoms with E-state index in [2.05, 4.69) is 33.8 Å². The van der Waals surface area contributed by atoms with Crippen LogP contribution in [0, 0.1) is 35.0 Å². The molecule has 0 radical (unpaired) electrons. The van der Waals surface area contributed by atoms with Crippen LogP contribution in [0.5, 0.6) is 0 Å². The molecular weight excluding hydrogens is 180 g/mol. The van der Waals surface area contributed by atoms with Gasteiger partial charge in [0.25, 0.3) is 0 Å². The Morgan fingerprint density at radius 2 is 2.07 bits per heavy atom. The number of hydrogen-bond acceptors (Lipinski definition) is 0. The van der Waals surface area contributed by atoms with Gasteiger partial charge in [-0.1, -0.05) is 32.4 Å². The van der Waals surface area contributed by atoms with Gasteiger partial charge in [-0.3, -0.25) is 0 Å². The summed E-state index contributed by atoms with van der Waals surface area (Å²) in [5.41, 5.74) is 2.47. The smallest absolute Gasteiger partial charge is 0.0104 e. The van der Waals surface area contributed by atoms with Gasteiger partial charge < -0.3 is 0 Å². The van der Waals surface area contributed by atoms with Gasteiger partial charge in [0.1, 0.15) is 0 Å². The predicted octanol–water partition coefficient (Wildman–Crippen LogP) is 4.27. The van der Waals surface area contributed by atoms with Gasteiger partial charge in [0, 0.05) is 0 Å². The molecule has 3 aliphatic carbocycles. The van der Waals surface area contributed by atoms with Gasteiger partial charge >= 0.3 is 0 Å². The zero-order valence-electron chi connectivity index (χ0n) is 10.6. The maximum atomic E-state index is 2.53. The highest BCUT2D eigenvalue weighted by Gasteiger charge is 2.71. The zero-order chi connectivity index (χ0) is 10.8. The molecule has 0 aromatic heterocycles. The molecule has 15 heavy (non-hydrogen) atoms. The second kappa shape index (κ2) is 2.90. The van der Waals surface area contributed by atoms with E-state index in [4.69, 9.17) is 0 Å². The molecule has 5 atom stereocenters. The van der Waals surface area contributed by atoms with E-state index in [0.29, 0.717) is 0 Å². The SMILES string of the molecule is CC1=CC[C@@]23C([C@H](C(C)C)CC[C@H]2C)[C@H]13. The first kappa shape index (κ1) is 9.93. The topological polar surface area (TPSA) is 0 Å². The van der Waals surface area contributed by atoms with Crippen LogP contribution in [0.15, 0.2) is 11.6 Å². The van der Waals surface area contributed by atoms with Crippen molar-refractivity contribution in [2.24, 2.45) is 35.0 Å². The molecule has 1 unspecified atom stereocenters. The van der Waals surface area contributed by atoms with Crippen molar-refractivity contribution in [2.45, 2.75) is 47.0 Å². The van der Waals surface area contributed by atoms with E-state index in [0.717, 1.165) is 35.0 Å². The van der Waals surface area contributed by atoms with Crippen molar-refractivity contribution in [1.29, 1.82) is 0 Å². The van der Waals surface area contributed by atoms with Crippen LogP contribution in [0.4, 0.5) is 0 Å². The van der Waals surface area contributed by atoms with E-state index in [1.807, 2.05) is 0 Å². The Bertz CT molecular complexity index is 312. The van der Waals surface area contributed by atoms with Gasteiger partial charge in [-0.05, 0) is 61.2 Å². The Kier molecular flexibility index (Phi) is 1.92. The van der Waals surface area contributed by atoms with Crippen molar-refractivity contribution < 1.29 is 0 Å². The zero-order valence-corrected chi connectivity index (χ0v) is 10.6. The number of allylic oxidation sites excluding steroid dienone is 2. The highest BCUT2D eigenvalue weighted by atomic mass is 14.8. The number of hydrogen-bond donors (Lipinski definition) is 0. The van der Waals surface area contributed by atoms with Gasteiger partial charge in [0.05, 0.1) is 0 Å². The molecule has 0 N–H and O–H groups in total. The Labute approximate surface area is 94.1 Å². The summed E-state index contributed by atoms with van der Waals surface area (Å²) < 4.78 is 0. The van der Waals surface area contributed by atoms with Crippen molar-refractivity contribution in [3.05, 3.63) is 11.6 Å². The number of fused-ring (bicyclic) bond motifs is 1. The average Bonchev–Trinajstić information content (AvgIpc) is 2.75. The van der Waals surface area contributed by atoms with Gasteiger partial charge in [0.2, 0.25) is 0 Å². The fourth-order valence-corrected chi connectivity index (χ4v) is 5.05. The van der Waals surface area contributed by atoms with E-state index < -0.39 is 0 Å². The molecule has 2 fully saturated rings. The fourth-order valence-electron chi connectivity index (χ4n) is 5.05. The summed E-state index contributed by atoms with van der Waals surface area (Å²) in [6.45, 7) is 9.75. The van der Waals surface area contributed by atoms with Crippen LogP contribution in [0.1, 0.15) is 47.0 Å². The lowest BCUT2D eigenvalue weighted by molar-refractivity contribution is 0.149. The third-order valence-electron chi connectivity index (χ3n) is 5.89. The summed E-state index contributed by atoms with van der Waals surface area (Å²) in [7, 11) is 0. The average molecular weight is 204 g/mol. The molecule has 2 saturated carbocycles. The summed E-state index contributed by atoms with van der Waals surface area (Å²) in [6.07, 6.45) is 6.91. The monoisotopic (exact) mass is 204 g/mol. The predicted molar refractivity (Wildman–Crippen MR) is 64.5 cm³/mol. The molecule has 0 heteroatoms. The summed E-state index contributed by atoms with van der Waals surface area (Å²) in [6, 6.07) is 0. The van der Waals surface area contributed by atoms with Crippen molar-refractivity contribution in [3.63, 3.8) is 0 Å². The first-order chi connectivity index (χ1) is 7.09. The van der Waals surface area contributed by atoms with Gasteiger partial charge in [0.15, 0.2) is 0 Å². The van der Waals surface area contributed by atoms with Crippen molar-refractivity contribution >= 4 is 0 Å². The summed E-state index contributed by atoms with van der Waals surface area (Å²) in [4.78, 5) is 0. The standard InChI is InChI=1S/C15H24/c1-9(2)12-6-5-11(4)15-8-7-10(3)13(15)14(12)15/h7,9,11-14H,5-6,8H2,1-4H3/t11-,12+,13+,14?,15-/m1/s1. The van der Waals surface area contributed by atoms with E-state index in [1.165, 1.54) is 19.3 Å². The Hall–Kier alpha value is -0.260. The fraction of sp³-hybridized carbons (Fsp3) is 0.867. The molecule has 0 heterocycles. The minimum atomic E-state index is 0.747. The van der Waals surface area contributed by atoms with E-state index in [1.54, 1.807) is 5.57 Å². The van der Waals surface area contributed by atoms with Crippen molar-refractivity contribution in [2.75, 3.05) is 0 Å². The second-order valence-electron chi connectivity index (χ2n) is 6.65. The van der Waals surface area contributed by atoms with E-state index in [-0.39, 0.29) is 0 Å². The Morgan fingerprint density at radius 3 is 2.73 bits per heavy atom. The largest absolute Gasteiger partial charge is 0.0847 e. The van der Waals surface area contributed by atoms with Crippen LogP contribution in [0.2, 0.25) is 0 Å². The van der Waals surface area contributed by atoms with Gasteiger partial charge in [-0.15, -0.1) is 0 Å². The quantitative estimate of drug-likeness (QED) is 0.559. The molecule has 84 valence electrons. The molecule has 3 aliphatic rings. The summed E-state index contributed by atoms with van der Waals surface area (Å²) in [5, 5.41) is 0. The van der Waals surface area contributed by atoms with Crippen LogP contribution < -0.4 is 0 Å². The number of rotatable bonds is 1. The Morgan fingerprint density at radius 1 is 1.33 bits per heavy atom. The second-order valence-corrected chi connectivity index (χ2v) is 6.65. The van der Waals surface area contributed by atoms with Crippen LogP contribution in [-0.4, -0.2) is 0 Å². The van der Waals surface area contributed by atoms with Crippen LogP contribution in [-0.2, 0) is 0 Å². The first-order valence-electron chi connectivity index (χ1n) is 6.75. The molecule has 0 aromatic rings. The maximum absolute atomic E-state index is 2.53. The molecule has 0 saturated heterocycles. The third kappa shape index (κ3) is 1.04. The lowest BCUT2D eigenvalue weighted by atomic mass is 9.70. The first-order valence-corrected chi connectivity index (χ1v) is 6.75. The van der Waals surface area contributed by atoms with Crippen molar-refractivity contribution in [1.82, 2.24) is 0 Å². The van der Waals surface area contributed by atoms with Crippen molar-refractivity contribution in [3.8, 4) is 0 Å². The minimum absolute atomic E-state index is 0.747. The van der Waals surface area contributed by atoms with Gasteiger partial charge in [-0.25, -0.2) is 0 Å². The molecule has 0 bridgehead atoms. The molecular formula is C15H24. The van der Waals surface area contributed by atoms with Crippen LogP contribution >= 0.6 is 0 Å². The molecule has 0 nitrogen and oxygen atoms in total. The molecule has 3 rings (SSSR count).